The van der Waals surface area contributed by atoms with Crippen LogP contribution in [0.2, 0.25) is 0 Å². The molecule has 2 N–H and O–H groups in total. The van der Waals surface area contributed by atoms with Crippen LogP contribution < -0.4 is 5.43 Å². The Balaban J connectivity index is 1.49. The molecule has 1 aliphatic rings. The fraction of sp³-hybridized carbons (Fsp3) is 0.300. The van der Waals surface area contributed by atoms with Gasteiger partial charge in [-0.15, -0.1) is 0 Å². The van der Waals surface area contributed by atoms with Crippen LogP contribution in [-0.4, -0.2) is 67.6 Å². The number of carbonyl (C=O) groups is 1. The summed E-state index contributed by atoms with van der Waals surface area (Å²) in [6, 6.07) is 11.7. The smallest absolute Gasteiger partial charge is 0.254 e. The quantitative estimate of drug-likeness (QED) is 0.471. The van der Waals surface area contributed by atoms with E-state index in [0.29, 0.717) is 31.7 Å². The summed E-state index contributed by atoms with van der Waals surface area (Å²) in [6.45, 7) is 3.56. The van der Waals surface area contributed by atoms with Gasteiger partial charge in [-0.2, -0.15) is 9.41 Å². The Morgan fingerprint density at radius 1 is 1.17 bits per heavy atom. The molecule has 8 nitrogen and oxygen atoms in total. The van der Waals surface area contributed by atoms with Crippen LogP contribution in [0.4, 0.5) is 0 Å². The third-order valence-corrected chi connectivity index (χ3v) is 7.15. The van der Waals surface area contributed by atoms with Crippen LogP contribution in [0.3, 0.4) is 0 Å². The lowest BCUT2D eigenvalue weighted by Gasteiger charge is -2.33. The minimum Gasteiger partial charge on any atom is -0.507 e. The van der Waals surface area contributed by atoms with Gasteiger partial charge in [0.25, 0.3) is 5.91 Å². The number of piperazine rings is 1. The molecular formula is C20H23BrN4O4S. The largest absolute Gasteiger partial charge is 0.507 e. The Kier molecular flexibility index (Phi) is 7.24. The van der Waals surface area contributed by atoms with Crippen LogP contribution in [0.15, 0.2) is 56.9 Å². The molecule has 3 rings (SSSR count). The highest BCUT2D eigenvalue weighted by molar-refractivity contribution is 9.10. The van der Waals surface area contributed by atoms with Crippen molar-refractivity contribution in [1.82, 2.24) is 14.6 Å². The van der Waals surface area contributed by atoms with E-state index in [1.54, 1.807) is 36.4 Å². The first-order valence-corrected chi connectivity index (χ1v) is 11.6. The maximum absolute atomic E-state index is 12.7. The molecule has 0 aliphatic carbocycles. The number of carbonyl (C=O) groups excluding carboxylic acids is 1. The van der Waals surface area contributed by atoms with E-state index in [9.17, 15) is 18.3 Å². The Morgan fingerprint density at radius 3 is 2.50 bits per heavy atom. The number of hydrazone groups is 1. The predicted molar refractivity (Wildman–Crippen MR) is 118 cm³/mol. The van der Waals surface area contributed by atoms with E-state index in [0.717, 1.165) is 10.0 Å². The van der Waals surface area contributed by atoms with Crippen molar-refractivity contribution in [3.63, 3.8) is 0 Å². The summed E-state index contributed by atoms with van der Waals surface area (Å²) in [5, 5.41) is 13.6. The third-order valence-electron chi connectivity index (χ3n) is 4.74. The summed E-state index contributed by atoms with van der Waals surface area (Å²) >= 11 is 3.31. The second-order valence-electron chi connectivity index (χ2n) is 6.99. The molecule has 2 aromatic carbocycles. The standard InChI is InChI=1S/C20H23BrN4O4S/c1-15-2-5-18(6-3-15)30(28,29)25-10-8-24(9-11-25)14-20(27)23-22-13-16-12-17(21)4-7-19(16)26/h2-7,12-13,26H,8-11,14H2,1H3,(H,23,27)/b22-13-. The number of amides is 1. The van der Waals surface area contributed by atoms with Gasteiger partial charge in [0.05, 0.1) is 17.7 Å². The van der Waals surface area contributed by atoms with Gasteiger partial charge in [0.2, 0.25) is 10.0 Å². The van der Waals surface area contributed by atoms with Crippen molar-refractivity contribution in [3.8, 4) is 5.75 Å². The van der Waals surface area contributed by atoms with E-state index >= 15 is 0 Å². The lowest BCUT2D eigenvalue weighted by Crippen LogP contribution is -2.50. The molecule has 1 saturated heterocycles. The van der Waals surface area contributed by atoms with Gasteiger partial charge in [-0.3, -0.25) is 9.69 Å². The van der Waals surface area contributed by atoms with Crippen molar-refractivity contribution in [1.29, 1.82) is 0 Å². The summed E-state index contributed by atoms with van der Waals surface area (Å²) in [7, 11) is -3.53. The minimum absolute atomic E-state index is 0.0575. The second kappa shape index (κ2) is 9.69. The van der Waals surface area contributed by atoms with E-state index in [1.807, 2.05) is 11.8 Å². The lowest BCUT2D eigenvalue weighted by molar-refractivity contribution is -0.122. The topological polar surface area (TPSA) is 102 Å². The zero-order chi connectivity index (χ0) is 21.7. The zero-order valence-corrected chi connectivity index (χ0v) is 18.9. The number of nitrogens with zero attached hydrogens (tertiary/aromatic N) is 3. The maximum atomic E-state index is 12.7. The fourth-order valence-corrected chi connectivity index (χ4v) is 4.83. The summed E-state index contributed by atoms with van der Waals surface area (Å²) in [5.74, 6) is -0.252. The van der Waals surface area contributed by atoms with Crippen LogP contribution in [0, 0.1) is 6.92 Å². The van der Waals surface area contributed by atoms with Crippen LogP contribution >= 0.6 is 15.9 Å². The number of hydrogen-bond donors (Lipinski definition) is 2. The Hall–Kier alpha value is -2.27. The molecule has 0 radical (unpaired) electrons. The Morgan fingerprint density at radius 2 is 1.83 bits per heavy atom. The van der Waals surface area contributed by atoms with Crippen LogP contribution in [0.5, 0.6) is 5.75 Å². The number of phenols is 1. The van der Waals surface area contributed by atoms with Crippen molar-refractivity contribution in [2.45, 2.75) is 11.8 Å². The third kappa shape index (κ3) is 5.66. The van der Waals surface area contributed by atoms with Gasteiger partial charge in [0, 0.05) is 36.2 Å². The van der Waals surface area contributed by atoms with Gasteiger partial charge >= 0.3 is 0 Å². The van der Waals surface area contributed by atoms with Crippen LogP contribution in [-0.2, 0) is 14.8 Å². The van der Waals surface area contributed by atoms with E-state index in [1.165, 1.54) is 16.6 Å². The number of aromatic hydroxyl groups is 1. The molecule has 0 saturated carbocycles. The van der Waals surface area contributed by atoms with Crippen molar-refractivity contribution < 1.29 is 18.3 Å². The van der Waals surface area contributed by atoms with Gasteiger partial charge in [0.1, 0.15) is 5.75 Å². The SMILES string of the molecule is Cc1ccc(S(=O)(=O)N2CCN(CC(=O)N/N=C\c3cc(Br)ccc3O)CC2)cc1. The Bertz CT molecular complexity index is 1030. The second-order valence-corrected chi connectivity index (χ2v) is 9.84. The zero-order valence-electron chi connectivity index (χ0n) is 16.5. The molecule has 0 atom stereocenters. The molecule has 160 valence electrons. The van der Waals surface area contributed by atoms with Gasteiger partial charge in [-0.25, -0.2) is 13.8 Å². The van der Waals surface area contributed by atoms with Gasteiger partial charge in [0.15, 0.2) is 0 Å². The summed E-state index contributed by atoms with van der Waals surface area (Å²) in [6.07, 6.45) is 1.37. The van der Waals surface area contributed by atoms with E-state index in [-0.39, 0.29) is 23.1 Å². The van der Waals surface area contributed by atoms with E-state index in [4.69, 9.17) is 0 Å². The minimum atomic E-state index is -3.53. The van der Waals surface area contributed by atoms with Crippen molar-refractivity contribution in [3.05, 3.63) is 58.1 Å². The van der Waals surface area contributed by atoms with Crippen molar-refractivity contribution in [2.75, 3.05) is 32.7 Å². The molecule has 0 bridgehead atoms. The summed E-state index contributed by atoms with van der Waals surface area (Å²) in [4.78, 5) is 14.3. The Labute approximate surface area is 184 Å². The number of halogens is 1. The average Bonchev–Trinajstić information content (AvgIpc) is 2.71. The first-order valence-electron chi connectivity index (χ1n) is 9.35. The average molecular weight is 495 g/mol. The molecule has 0 spiro atoms. The molecule has 30 heavy (non-hydrogen) atoms. The first kappa shape index (κ1) is 22.4. The number of nitrogens with one attached hydrogen (secondary N) is 1. The van der Waals surface area contributed by atoms with E-state index in [2.05, 4.69) is 26.5 Å². The van der Waals surface area contributed by atoms with Gasteiger partial charge < -0.3 is 5.11 Å². The molecule has 1 amide bonds. The maximum Gasteiger partial charge on any atom is 0.254 e. The molecule has 0 aromatic heterocycles. The molecule has 10 heteroatoms. The summed E-state index contributed by atoms with van der Waals surface area (Å²) < 4.78 is 27.7. The highest BCUT2D eigenvalue weighted by Crippen LogP contribution is 2.20. The van der Waals surface area contributed by atoms with E-state index < -0.39 is 10.0 Å². The van der Waals surface area contributed by atoms with Crippen LogP contribution in [0.1, 0.15) is 11.1 Å². The first-order chi connectivity index (χ1) is 14.3. The number of sulfonamides is 1. The lowest BCUT2D eigenvalue weighted by atomic mass is 10.2. The number of hydrogen-bond acceptors (Lipinski definition) is 6. The molecule has 1 heterocycles. The number of rotatable bonds is 6. The number of phenolic OH excluding ortho intramolecular Hbond substituents is 1. The molecule has 0 unspecified atom stereocenters. The predicted octanol–water partition coefficient (Wildman–Crippen LogP) is 1.92. The molecule has 1 aliphatic heterocycles. The van der Waals surface area contributed by atoms with Crippen LogP contribution in [0.25, 0.3) is 0 Å². The van der Waals surface area contributed by atoms with Crippen molar-refractivity contribution >= 4 is 38.1 Å². The monoisotopic (exact) mass is 494 g/mol. The molecule has 2 aromatic rings. The highest BCUT2D eigenvalue weighted by Gasteiger charge is 2.28. The number of benzene rings is 2. The fourth-order valence-electron chi connectivity index (χ4n) is 3.03. The van der Waals surface area contributed by atoms with Gasteiger partial charge in [-0.1, -0.05) is 33.6 Å². The normalized spacial score (nSPS) is 16.1. The molecular weight excluding hydrogens is 472 g/mol. The molecule has 1 fully saturated rings. The highest BCUT2D eigenvalue weighted by atomic mass is 79.9. The van der Waals surface area contributed by atoms with Gasteiger partial charge in [-0.05, 0) is 37.3 Å². The summed E-state index contributed by atoms with van der Waals surface area (Å²) in [5.41, 5.74) is 3.90. The number of aryl methyl sites for hydroxylation is 1. The van der Waals surface area contributed by atoms with Crippen molar-refractivity contribution in [2.24, 2.45) is 5.10 Å².